The molecule has 0 amide bonds. The molecule has 0 spiro atoms. The van der Waals surface area contributed by atoms with E-state index in [-0.39, 0.29) is 0 Å². The molecule has 1 heterocycles. The average molecular weight is 573 g/mol. The van der Waals surface area contributed by atoms with Crippen LogP contribution in [0.5, 0.6) is 0 Å². The van der Waals surface area contributed by atoms with Crippen LogP contribution in [0.4, 0.5) is 0 Å². The lowest BCUT2D eigenvalue weighted by molar-refractivity contribution is 0.425. The van der Waals surface area contributed by atoms with Crippen LogP contribution in [0, 0.1) is 0 Å². The van der Waals surface area contributed by atoms with Crippen LogP contribution in [0.25, 0.3) is 0 Å². The molecule has 0 bridgehead atoms. The summed E-state index contributed by atoms with van der Waals surface area (Å²) in [7, 11) is 0. The number of nitrogens with zero attached hydrogens (tertiary/aromatic N) is 2. The largest absolute Gasteiger partial charge is 0.332 e. The Kier molecular flexibility index (Phi) is 27.3. The molecule has 2 heteroatoms. The molecule has 0 aromatic carbocycles. The molecule has 1 aromatic rings. The van der Waals surface area contributed by atoms with E-state index in [4.69, 9.17) is 4.98 Å². The van der Waals surface area contributed by atoms with E-state index in [9.17, 15) is 0 Å². The third-order valence-electron chi connectivity index (χ3n) is 9.66. The van der Waals surface area contributed by atoms with Gasteiger partial charge in [0.1, 0.15) is 5.82 Å². The van der Waals surface area contributed by atoms with Crippen LogP contribution >= 0.6 is 0 Å². The van der Waals surface area contributed by atoms with Crippen LogP contribution in [0.3, 0.4) is 0 Å². The lowest BCUT2D eigenvalue weighted by atomic mass is 9.96. The molecule has 1 aromatic heterocycles. The molecule has 0 aliphatic rings. The summed E-state index contributed by atoms with van der Waals surface area (Å²) in [5.74, 6) is 2.00. The highest BCUT2D eigenvalue weighted by molar-refractivity contribution is 5.02. The zero-order valence-electron chi connectivity index (χ0n) is 28.9. The Morgan fingerprint density at radius 3 is 1.20 bits per heavy atom. The second-order valence-electron chi connectivity index (χ2n) is 13.6. The maximum Gasteiger partial charge on any atom is 0.111 e. The molecule has 242 valence electrons. The van der Waals surface area contributed by atoms with Gasteiger partial charge in [-0.25, -0.2) is 4.98 Å². The third-order valence-corrected chi connectivity index (χ3v) is 9.66. The molecule has 2 atom stereocenters. The van der Waals surface area contributed by atoms with Crippen molar-refractivity contribution in [2.45, 2.75) is 232 Å². The van der Waals surface area contributed by atoms with Crippen molar-refractivity contribution in [2.24, 2.45) is 0 Å². The van der Waals surface area contributed by atoms with Crippen molar-refractivity contribution in [3.63, 3.8) is 0 Å². The molecule has 0 saturated heterocycles. The van der Waals surface area contributed by atoms with Crippen molar-refractivity contribution in [1.82, 2.24) is 9.55 Å². The van der Waals surface area contributed by atoms with Crippen molar-refractivity contribution in [2.75, 3.05) is 0 Å². The fourth-order valence-corrected chi connectivity index (χ4v) is 6.71. The van der Waals surface area contributed by atoms with Gasteiger partial charge in [0.25, 0.3) is 0 Å². The molecule has 0 saturated carbocycles. The highest BCUT2D eigenvalue weighted by Gasteiger charge is 2.18. The molecule has 1 rings (SSSR count). The summed E-state index contributed by atoms with van der Waals surface area (Å²) in [5, 5.41) is 0. The molecule has 0 radical (unpaired) electrons. The fraction of sp³-hybridized carbons (Fsp3) is 0.923. The Morgan fingerprint density at radius 1 is 0.488 bits per heavy atom. The zero-order valence-corrected chi connectivity index (χ0v) is 28.9. The average Bonchev–Trinajstić information content (AvgIpc) is 3.47. The summed E-state index contributed by atoms with van der Waals surface area (Å²) in [6.07, 6.45) is 47.0. The minimum atomic E-state index is 0.589. The summed E-state index contributed by atoms with van der Waals surface area (Å²) < 4.78 is 2.52. The second-order valence-corrected chi connectivity index (χ2v) is 13.6. The van der Waals surface area contributed by atoms with Crippen molar-refractivity contribution < 1.29 is 0 Å². The van der Waals surface area contributed by atoms with Gasteiger partial charge in [0.2, 0.25) is 0 Å². The number of hydrogen-bond acceptors (Lipinski definition) is 1. The molecule has 2 unspecified atom stereocenters. The van der Waals surface area contributed by atoms with Crippen molar-refractivity contribution >= 4 is 0 Å². The maximum atomic E-state index is 4.87. The van der Waals surface area contributed by atoms with Crippen LogP contribution in [-0.2, 0) is 0 Å². The van der Waals surface area contributed by atoms with E-state index in [1.165, 1.54) is 198 Å². The van der Waals surface area contributed by atoms with Gasteiger partial charge in [0.15, 0.2) is 0 Å². The first kappa shape index (κ1) is 38.2. The Bertz CT molecular complexity index is 635. The minimum Gasteiger partial charge on any atom is -0.332 e. The quantitative estimate of drug-likeness (QED) is 0.0785. The molecular weight excluding hydrogens is 496 g/mol. The molecule has 0 aliphatic heterocycles. The topological polar surface area (TPSA) is 17.8 Å². The number of aromatic nitrogens is 2. The van der Waals surface area contributed by atoms with E-state index in [2.05, 4.69) is 44.7 Å². The zero-order chi connectivity index (χ0) is 29.6. The van der Waals surface area contributed by atoms with E-state index in [0.29, 0.717) is 12.0 Å². The highest BCUT2D eigenvalue weighted by atomic mass is 15.1. The molecular formula is C39H76N2. The predicted octanol–water partition coefficient (Wildman–Crippen LogP) is 14.3. The van der Waals surface area contributed by atoms with Gasteiger partial charge in [0.05, 0.1) is 0 Å². The van der Waals surface area contributed by atoms with Gasteiger partial charge in [0, 0.05) is 24.4 Å². The number of unbranched alkanes of at least 4 members (excludes halogenated alkanes) is 25. The maximum absolute atomic E-state index is 4.87. The third kappa shape index (κ3) is 21.5. The van der Waals surface area contributed by atoms with E-state index in [1.807, 2.05) is 0 Å². The summed E-state index contributed by atoms with van der Waals surface area (Å²) in [6.45, 7) is 9.40. The van der Waals surface area contributed by atoms with Gasteiger partial charge in [-0.3, -0.25) is 0 Å². The summed E-state index contributed by atoms with van der Waals surface area (Å²) in [4.78, 5) is 4.87. The standard InChI is InChI=1S/C39H76N2/c1-5-8-10-12-14-16-18-19-20-21-22-24-26-28-30-32-34-38(7-3)39-40-35-36-41(39)37(4)33-31-29-27-25-23-17-15-13-11-9-6-2/h35-38H,5-34H2,1-4H3. The highest BCUT2D eigenvalue weighted by Crippen LogP contribution is 2.28. The SMILES string of the molecule is CCCCCCCCCCCCCCCCCCC(CC)c1nccn1C(C)CCCCCCCCCCCCC. The number of hydrogen-bond donors (Lipinski definition) is 0. The van der Waals surface area contributed by atoms with Crippen molar-refractivity contribution in [3.8, 4) is 0 Å². The van der Waals surface area contributed by atoms with E-state index < -0.39 is 0 Å². The fourth-order valence-electron chi connectivity index (χ4n) is 6.71. The Balaban J connectivity index is 2.05. The first-order valence-corrected chi connectivity index (χ1v) is 19.3. The number of imidazole rings is 1. The van der Waals surface area contributed by atoms with E-state index in [1.54, 1.807) is 0 Å². The van der Waals surface area contributed by atoms with Crippen molar-refractivity contribution in [1.29, 1.82) is 0 Å². The molecule has 0 aliphatic carbocycles. The van der Waals surface area contributed by atoms with Crippen LogP contribution in [0.15, 0.2) is 12.4 Å². The van der Waals surface area contributed by atoms with Gasteiger partial charge in [-0.15, -0.1) is 0 Å². The van der Waals surface area contributed by atoms with Gasteiger partial charge in [-0.1, -0.05) is 194 Å². The van der Waals surface area contributed by atoms with Crippen LogP contribution < -0.4 is 0 Å². The molecule has 0 N–H and O–H groups in total. The predicted molar refractivity (Wildman–Crippen MR) is 185 cm³/mol. The van der Waals surface area contributed by atoms with Crippen molar-refractivity contribution in [3.05, 3.63) is 18.2 Å². The van der Waals surface area contributed by atoms with E-state index in [0.717, 1.165) is 0 Å². The van der Waals surface area contributed by atoms with Gasteiger partial charge < -0.3 is 4.57 Å². The van der Waals surface area contributed by atoms with Crippen LogP contribution in [0.1, 0.15) is 238 Å². The lowest BCUT2D eigenvalue weighted by Gasteiger charge is -2.21. The van der Waals surface area contributed by atoms with E-state index >= 15 is 0 Å². The Labute approximate surface area is 259 Å². The van der Waals surface area contributed by atoms with Gasteiger partial charge in [-0.05, 0) is 26.2 Å². The molecule has 0 fully saturated rings. The Morgan fingerprint density at radius 2 is 0.829 bits per heavy atom. The van der Waals surface area contributed by atoms with Gasteiger partial charge in [-0.2, -0.15) is 0 Å². The number of rotatable bonds is 32. The Hall–Kier alpha value is -0.790. The van der Waals surface area contributed by atoms with Gasteiger partial charge >= 0.3 is 0 Å². The first-order chi connectivity index (χ1) is 20.2. The monoisotopic (exact) mass is 573 g/mol. The summed E-state index contributed by atoms with van der Waals surface area (Å²) in [6, 6.07) is 0.589. The molecule has 2 nitrogen and oxygen atoms in total. The lowest BCUT2D eigenvalue weighted by Crippen LogP contribution is -2.12. The normalized spacial score (nSPS) is 13.2. The van der Waals surface area contributed by atoms with Crippen LogP contribution in [-0.4, -0.2) is 9.55 Å². The summed E-state index contributed by atoms with van der Waals surface area (Å²) in [5.41, 5.74) is 0. The molecule has 41 heavy (non-hydrogen) atoms. The smallest absolute Gasteiger partial charge is 0.111 e. The first-order valence-electron chi connectivity index (χ1n) is 19.3. The second kappa shape index (κ2) is 29.3. The van der Waals surface area contributed by atoms with Crippen LogP contribution in [0.2, 0.25) is 0 Å². The summed E-state index contributed by atoms with van der Waals surface area (Å²) >= 11 is 0. The minimum absolute atomic E-state index is 0.589.